The average molecular weight is 219 g/mol. The van der Waals surface area contributed by atoms with Crippen molar-refractivity contribution >= 4 is 5.91 Å². The maximum Gasteiger partial charge on any atom is 0.233 e. The lowest BCUT2D eigenvalue weighted by molar-refractivity contribution is -0.130. The van der Waals surface area contributed by atoms with Gasteiger partial charge in [-0.1, -0.05) is 6.07 Å². The van der Waals surface area contributed by atoms with Crippen LogP contribution in [0.25, 0.3) is 0 Å². The highest BCUT2D eigenvalue weighted by atomic mass is 16.2. The van der Waals surface area contributed by atoms with Crippen LogP contribution in [0.4, 0.5) is 0 Å². The molecule has 0 bridgehead atoms. The smallest absolute Gasteiger partial charge is 0.233 e. The van der Waals surface area contributed by atoms with Crippen molar-refractivity contribution in [2.24, 2.45) is 0 Å². The normalized spacial score (nSPS) is 14.9. The number of pyridine rings is 1. The van der Waals surface area contributed by atoms with Gasteiger partial charge in [-0.3, -0.25) is 14.8 Å². The van der Waals surface area contributed by atoms with Crippen molar-refractivity contribution in [1.29, 1.82) is 0 Å². The molecule has 1 aromatic rings. The first-order chi connectivity index (χ1) is 7.66. The van der Waals surface area contributed by atoms with Gasteiger partial charge >= 0.3 is 0 Å². The standard InChI is InChI=1S/C12H17N3O/c1-9(16)15(2)14-8-10-3-6-12(13-7-10)11-4-5-11/h3,6-7,11,14H,4-5,8H2,1-2H3. The minimum atomic E-state index is 0.00237. The van der Waals surface area contributed by atoms with Gasteiger partial charge in [0.25, 0.3) is 0 Å². The van der Waals surface area contributed by atoms with Gasteiger partial charge in [-0.2, -0.15) is 0 Å². The van der Waals surface area contributed by atoms with Crippen LogP contribution >= 0.6 is 0 Å². The van der Waals surface area contributed by atoms with Crippen LogP contribution < -0.4 is 5.43 Å². The zero-order valence-electron chi connectivity index (χ0n) is 9.73. The van der Waals surface area contributed by atoms with Gasteiger partial charge in [0, 0.05) is 38.3 Å². The summed E-state index contributed by atoms with van der Waals surface area (Å²) in [4.78, 5) is 15.4. The average Bonchev–Trinajstić information content (AvgIpc) is 3.10. The molecule has 1 aliphatic carbocycles. The topological polar surface area (TPSA) is 45.2 Å². The molecule has 4 nitrogen and oxygen atoms in total. The molecule has 86 valence electrons. The number of amides is 1. The van der Waals surface area contributed by atoms with Crippen LogP contribution in [0, 0.1) is 0 Å². The Morgan fingerprint density at radius 1 is 1.56 bits per heavy atom. The Morgan fingerprint density at radius 3 is 2.81 bits per heavy atom. The van der Waals surface area contributed by atoms with Crippen molar-refractivity contribution in [2.45, 2.75) is 32.2 Å². The maximum atomic E-state index is 11.0. The Kier molecular flexibility index (Phi) is 3.19. The van der Waals surface area contributed by atoms with E-state index in [4.69, 9.17) is 0 Å². The van der Waals surface area contributed by atoms with Crippen molar-refractivity contribution in [3.63, 3.8) is 0 Å². The number of carbonyl (C=O) groups excluding carboxylic acids is 1. The molecule has 1 aromatic heterocycles. The van der Waals surface area contributed by atoms with Crippen molar-refractivity contribution in [3.8, 4) is 0 Å². The second-order valence-electron chi connectivity index (χ2n) is 4.28. The highest BCUT2D eigenvalue weighted by molar-refractivity contribution is 5.72. The second kappa shape index (κ2) is 4.61. The zero-order chi connectivity index (χ0) is 11.5. The SMILES string of the molecule is CC(=O)N(C)NCc1ccc(C2CC2)nc1. The molecule has 1 heterocycles. The van der Waals surface area contributed by atoms with E-state index >= 15 is 0 Å². The van der Waals surface area contributed by atoms with E-state index in [2.05, 4.69) is 22.5 Å². The lowest BCUT2D eigenvalue weighted by atomic mass is 10.2. The monoisotopic (exact) mass is 219 g/mol. The van der Waals surface area contributed by atoms with E-state index in [1.54, 1.807) is 7.05 Å². The highest BCUT2D eigenvalue weighted by Crippen LogP contribution is 2.38. The first-order valence-electron chi connectivity index (χ1n) is 5.59. The maximum absolute atomic E-state index is 11.0. The molecule has 0 aliphatic heterocycles. The summed E-state index contributed by atoms with van der Waals surface area (Å²) < 4.78 is 0. The van der Waals surface area contributed by atoms with E-state index in [0.717, 1.165) is 5.56 Å². The van der Waals surface area contributed by atoms with Crippen molar-refractivity contribution in [3.05, 3.63) is 29.6 Å². The molecule has 1 N–H and O–H groups in total. The van der Waals surface area contributed by atoms with Crippen molar-refractivity contribution < 1.29 is 4.79 Å². The number of hydrogen-bond donors (Lipinski definition) is 1. The fourth-order valence-electron chi connectivity index (χ4n) is 1.48. The molecule has 1 saturated carbocycles. The Labute approximate surface area is 95.6 Å². The Balaban J connectivity index is 1.87. The molecular formula is C12H17N3O. The summed E-state index contributed by atoms with van der Waals surface area (Å²) in [6, 6.07) is 4.16. The van der Waals surface area contributed by atoms with Crippen LogP contribution in [-0.2, 0) is 11.3 Å². The number of hydrogen-bond acceptors (Lipinski definition) is 3. The lowest BCUT2D eigenvalue weighted by Gasteiger charge is -2.16. The van der Waals surface area contributed by atoms with E-state index in [1.165, 1.54) is 30.5 Å². The highest BCUT2D eigenvalue weighted by Gasteiger charge is 2.24. The van der Waals surface area contributed by atoms with E-state index < -0.39 is 0 Å². The first-order valence-corrected chi connectivity index (χ1v) is 5.59. The Bertz CT molecular complexity index is 370. The quantitative estimate of drug-likeness (QED) is 0.779. The summed E-state index contributed by atoms with van der Waals surface area (Å²) in [5, 5.41) is 1.48. The van der Waals surface area contributed by atoms with Crippen LogP contribution in [0.1, 0.15) is 36.9 Å². The first kappa shape index (κ1) is 11.1. The molecule has 0 radical (unpaired) electrons. The number of aromatic nitrogens is 1. The molecule has 1 fully saturated rings. The molecule has 0 spiro atoms. The van der Waals surface area contributed by atoms with Gasteiger partial charge in [0.1, 0.15) is 0 Å². The number of rotatable bonds is 4. The van der Waals surface area contributed by atoms with Gasteiger partial charge in [0.15, 0.2) is 0 Å². The number of nitrogens with zero attached hydrogens (tertiary/aromatic N) is 2. The molecule has 0 unspecified atom stereocenters. The summed E-state index contributed by atoms with van der Waals surface area (Å²) in [6.45, 7) is 2.16. The zero-order valence-corrected chi connectivity index (χ0v) is 9.73. The fraction of sp³-hybridized carbons (Fsp3) is 0.500. The number of nitrogens with one attached hydrogen (secondary N) is 1. The van der Waals surface area contributed by atoms with Crippen LogP contribution in [0.15, 0.2) is 18.3 Å². The molecule has 0 aromatic carbocycles. The molecular weight excluding hydrogens is 202 g/mol. The van der Waals surface area contributed by atoms with E-state index in [0.29, 0.717) is 12.5 Å². The number of carbonyl (C=O) groups is 1. The molecule has 4 heteroatoms. The summed E-state index contributed by atoms with van der Waals surface area (Å²) in [6.07, 6.45) is 4.43. The van der Waals surface area contributed by atoms with Gasteiger partial charge in [-0.15, -0.1) is 0 Å². The lowest BCUT2D eigenvalue weighted by Crippen LogP contribution is -2.37. The van der Waals surface area contributed by atoms with E-state index in [9.17, 15) is 4.79 Å². The predicted molar refractivity (Wildman–Crippen MR) is 61.5 cm³/mol. The van der Waals surface area contributed by atoms with Gasteiger partial charge < -0.3 is 0 Å². The fourth-order valence-corrected chi connectivity index (χ4v) is 1.48. The summed E-state index contributed by atoms with van der Waals surface area (Å²) in [5.74, 6) is 0.699. The number of hydrazine groups is 1. The third kappa shape index (κ3) is 2.79. The van der Waals surface area contributed by atoms with E-state index in [-0.39, 0.29) is 5.91 Å². The van der Waals surface area contributed by atoms with Crippen LogP contribution in [0.2, 0.25) is 0 Å². The predicted octanol–water partition coefficient (Wildman–Crippen LogP) is 1.44. The summed E-state index contributed by atoms with van der Waals surface area (Å²) in [5.41, 5.74) is 5.30. The molecule has 1 amide bonds. The van der Waals surface area contributed by atoms with Gasteiger partial charge in [0.05, 0.1) is 0 Å². The van der Waals surface area contributed by atoms with Crippen LogP contribution in [-0.4, -0.2) is 22.9 Å². The molecule has 16 heavy (non-hydrogen) atoms. The van der Waals surface area contributed by atoms with Gasteiger partial charge in [-0.25, -0.2) is 5.43 Å². The van der Waals surface area contributed by atoms with Crippen LogP contribution in [0.3, 0.4) is 0 Å². The Morgan fingerprint density at radius 2 is 2.31 bits per heavy atom. The third-order valence-corrected chi connectivity index (χ3v) is 2.84. The molecule has 1 aliphatic rings. The summed E-state index contributed by atoms with van der Waals surface area (Å²) >= 11 is 0. The minimum Gasteiger partial charge on any atom is -0.281 e. The van der Waals surface area contributed by atoms with E-state index in [1.807, 2.05) is 6.20 Å². The molecule has 2 rings (SSSR count). The van der Waals surface area contributed by atoms with Gasteiger partial charge in [-0.05, 0) is 24.5 Å². The Hall–Kier alpha value is -1.42. The van der Waals surface area contributed by atoms with Crippen molar-refractivity contribution in [1.82, 2.24) is 15.4 Å². The van der Waals surface area contributed by atoms with Crippen molar-refractivity contribution in [2.75, 3.05) is 7.05 Å². The molecule has 0 atom stereocenters. The van der Waals surface area contributed by atoms with Gasteiger partial charge in [0.2, 0.25) is 5.91 Å². The van der Waals surface area contributed by atoms with Crippen LogP contribution in [0.5, 0.6) is 0 Å². The summed E-state index contributed by atoms with van der Waals surface area (Å²) in [7, 11) is 1.72. The largest absolute Gasteiger partial charge is 0.281 e. The third-order valence-electron chi connectivity index (χ3n) is 2.84. The second-order valence-corrected chi connectivity index (χ2v) is 4.28. The molecule has 0 saturated heterocycles. The minimum absolute atomic E-state index is 0.00237.